The van der Waals surface area contributed by atoms with Crippen molar-refractivity contribution in [2.45, 2.75) is 12.8 Å². The first-order valence-electron chi connectivity index (χ1n) is 7.51. The molecule has 2 aromatic rings. The third kappa shape index (κ3) is 3.33. The van der Waals surface area contributed by atoms with Crippen LogP contribution in [-0.2, 0) is 0 Å². The summed E-state index contributed by atoms with van der Waals surface area (Å²) in [5.41, 5.74) is 1.17. The van der Waals surface area contributed by atoms with Crippen molar-refractivity contribution < 1.29 is 9.18 Å². The van der Waals surface area contributed by atoms with E-state index in [-0.39, 0.29) is 11.7 Å². The van der Waals surface area contributed by atoms with E-state index >= 15 is 0 Å². The average Bonchev–Trinajstić information content (AvgIpc) is 3.19. The van der Waals surface area contributed by atoms with E-state index in [1.807, 2.05) is 0 Å². The van der Waals surface area contributed by atoms with Gasteiger partial charge in [-0.15, -0.1) is 0 Å². The predicted octanol–water partition coefficient (Wildman–Crippen LogP) is 1.74. The standard InChI is InChI=1S/C16H19FN4O/c17-13-1-3-14(4-2-13)21-11-19-10-15(21)16(22)20-8-6-12-5-7-18-9-12/h1-4,10-12,18H,5-9H2,(H,20,22). The second-order valence-electron chi connectivity index (χ2n) is 5.53. The van der Waals surface area contributed by atoms with E-state index in [2.05, 4.69) is 15.6 Å². The summed E-state index contributed by atoms with van der Waals surface area (Å²) in [5.74, 6) is 0.176. The second kappa shape index (κ2) is 6.70. The van der Waals surface area contributed by atoms with Gasteiger partial charge in [0.25, 0.3) is 5.91 Å². The molecule has 1 aromatic carbocycles. The molecule has 116 valence electrons. The van der Waals surface area contributed by atoms with Gasteiger partial charge in [0.15, 0.2) is 0 Å². The van der Waals surface area contributed by atoms with Crippen LogP contribution in [0.25, 0.3) is 5.69 Å². The highest BCUT2D eigenvalue weighted by atomic mass is 19.1. The number of aromatic nitrogens is 2. The largest absolute Gasteiger partial charge is 0.351 e. The van der Waals surface area contributed by atoms with Gasteiger partial charge in [-0.3, -0.25) is 9.36 Å². The molecular weight excluding hydrogens is 283 g/mol. The van der Waals surface area contributed by atoms with Gasteiger partial charge in [-0.05, 0) is 56.1 Å². The number of imidazole rings is 1. The first kappa shape index (κ1) is 14.7. The SMILES string of the molecule is O=C(NCCC1CCNC1)c1cncn1-c1ccc(F)cc1. The van der Waals surface area contributed by atoms with Gasteiger partial charge < -0.3 is 10.6 Å². The summed E-state index contributed by atoms with van der Waals surface area (Å²) in [4.78, 5) is 16.3. The molecule has 6 heteroatoms. The highest BCUT2D eigenvalue weighted by molar-refractivity contribution is 5.92. The van der Waals surface area contributed by atoms with Crippen LogP contribution in [0.2, 0.25) is 0 Å². The van der Waals surface area contributed by atoms with Crippen LogP contribution in [-0.4, -0.2) is 35.1 Å². The Labute approximate surface area is 128 Å². The number of benzene rings is 1. The van der Waals surface area contributed by atoms with Crippen molar-refractivity contribution in [1.82, 2.24) is 20.2 Å². The number of carbonyl (C=O) groups is 1. The van der Waals surface area contributed by atoms with Crippen LogP contribution in [0.4, 0.5) is 4.39 Å². The minimum Gasteiger partial charge on any atom is -0.351 e. The van der Waals surface area contributed by atoms with Crippen molar-refractivity contribution in [2.24, 2.45) is 5.92 Å². The average molecular weight is 302 g/mol. The van der Waals surface area contributed by atoms with Crippen LogP contribution < -0.4 is 10.6 Å². The number of nitrogens with zero attached hydrogens (tertiary/aromatic N) is 2. The van der Waals surface area contributed by atoms with E-state index in [1.165, 1.54) is 24.8 Å². The van der Waals surface area contributed by atoms with Crippen LogP contribution in [0, 0.1) is 11.7 Å². The number of amides is 1. The van der Waals surface area contributed by atoms with Gasteiger partial charge in [-0.25, -0.2) is 9.37 Å². The number of hydrogen-bond acceptors (Lipinski definition) is 3. The Kier molecular flexibility index (Phi) is 4.48. The quantitative estimate of drug-likeness (QED) is 0.884. The van der Waals surface area contributed by atoms with Gasteiger partial charge >= 0.3 is 0 Å². The van der Waals surface area contributed by atoms with Gasteiger partial charge in [-0.2, -0.15) is 0 Å². The molecule has 5 nitrogen and oxygen atoms in total. The molecule has 2 heterocycles. The summed E-state index contributed by atoms with van der Waals surface area (Å²) in [7, 11) is 0. The van der Waals surface area contributed by atoms with E-state index in [4.69, 9.17) is 0 Å². The molecule has 1 aliphatic rings. The molecular formula is C16H19FN4O. The summed E-state index contributed by atoms with van der Waals surface area (Å²) in [6, 6.07) is 5.98. The van der Waals surface area contributed by atoms with Gasteiger partial charge in [0, 0.05) is 12.2 Å². The molecule has 2 N–H and O–H groups in total. The Morgan fingerprint density at radius 2 is 2.23 bits per heavy atom. The molecule has 1 aliphatic heterocycles. The molecule has 3 rings (SSSR count). The van der Waals surface area contributed by atoms with Gasteiger partial charge in [-0.1, -0.05) is 0 Å². The first-order chi connectivity index (χ1) is 10.7. The van der Waals surface area contributed by atoms with E-state index in [0.29, 0.717) is 23.8 Å². The normalized spacial score (nSPS) is 17.6. The van der Waals surface area contributed by atoms with Crippen LogP contribution in [0.3, 0.4) is 0 Å². The van der Waals surface area contributed by atoms with E-state index in [9.17, 15) is 9.18 Å². The zero-order valence-corrected chi connectivity index (χ0v) is 12.3. The van der Waals surface area contributed by atoms with Crippen molar-refractivity contribution in [2.75, 3.05) is 19.6 Å². The van der Waals surface area contributed by atoms with Crippen LogP contribution in [0.1, 0.15) is 23.3 Å². The highest BCUT2D eigenvalue weighted by Gasteiger charge is 2.16. The van der Waals surface area contributed by atoms with Gasteiger partial charge in [0.05, 0.1) is 12.5 Å². The Morgan fingerprint density at radius 1 is 1.41 bits per heavy atom. The smallest absolute Gasteiger partial charge is 0.269 e. The van der Waals surface area contributed by atoms with Crippen LogP contribution in [0.5, 0.6) is 0 Å². The molecule has 1 saturated heterocycles. The second-order valence-corrected chi connectivity index (χ2v) is 5.53. The van der Waals surface area contributed by atoms with E-state index in [1.54, 1.807) is 23.0 Å². The molecule has 1 amide bonds. The summed E-state index contributed by atoms with van der Waals surface area (Å²) < 4.78 is 14.7. The third-order valence-corrected chi connectivity index (χ3v) is 3.98. The third-order valence-electron chi connectivity index (χ3n) is 3.98. The highest BCUT2D eigenvalue weighted by Crippen LogP contribution is 2.13. The molecule has 0 saturated carbocycles. The monoisotopic (exact) mass is 302 g/mol. The molecule has 0 bridgehead atoms. The maximum atomic E-state index is 13.0. The molecule has 0 radical (unpaired) electrons. The van der Waals surface area contributed by atoms with E-state index < -0.39 is 0 Å². The van der Waals surface area contributed by atoms with Crippen molar-refractivity contribution >= 4 is 5.91 Å². The maximum Gasteiger partial charge on any atom is 0.269 e. The molecule has 0 spiro atoms. The minimum absolute atomic E-state index is 0.159. The van der Waals surface area contributed by atoms with Gasteiger partial charge in [0.2, 0.25) is 0 Å². The molecule has 0 aliphatic carbocycles. The van der Waals surface area contributed by atoms with Crippen LogP contribution >= 0.6 is 0 Å². The lowest BCUT2D eigenvalue weighted by Gasteiger charge is -2.11. The summed E-state index contributed by atoms with van der Waals surface area (Å²) in [6.45, 7) is 2.75. The fourth-order valence-electron chi connectivity index (χ4n) is 2.71. The number of carbonyl (C=O) groups excluding carboxylic acids is 1. The zero-order chi connectivity index (χ0) is 15.4. The summed E-state index contributed by atoms with van der Waals surface area (Å²) >= 11 is 0. The van der Waals surface area contributed by atoms with E-state index in [0.717, 1.165) is 19.5 Å². The fraction of sp³-hybridized carbons (Fsp3) is 0.375. The topological polar surface area (TPSA) is 59.0 Å². The fourth-order valence-corrected chi connectivity index (χ4v) is 2.71. The molecule has 1 unspecified atom stereocenters. The van der Waals surface area contributed by atoms with Crippen molar-refractivity contribution in [3.05, 3.63) is 48.3 Å². The summed E-state index contributed by atoms with van der Waals surface area (Å²) in [5, 5.41) is 6.25. The molecule has 1 fully saturated rings. The molecule has 1 aromatic heterocycles. The Hall–Kier alpha value is -2.21. The minimum atomic E-state index is -0.306. The first-order valence-corrected chi connectivity index (χ1v) is 7.51. The zero-order valence-electron chi connectivity index (χ0n) is 12.3. The van der Waals surface area contributed by atoms with Crippen molar-refractivity contribution in [3.63, 3.8) is 0 Å². The van der Waals surface area contributed by atoms with Crippen molar-refractivity contribution in [1.29, 1.82) is 0 Å². The lowest BCUT2D eigenvalue weighted by molar-refractivity contribution is 0.0945. The number of halogens is 1. The Morgan fingerprint density at radius 3 is 2.95 bits per heavy atom. The molecule has 22 heavy (non-hydrogen) atoms. The number of rotatable bonds is 5. The van der Waals surface area contributed by atoms with Gasteiger partial charge in [0.1, 0.15) is 11.5 Å². The Balaban J connectivity index is 1.63. The summed E-state index contributed by atoms with van der Waals surface area (Å²) in [6.07, 6.45) is 5.23. The molecule has 1 atom stereocenters. The maximum absolute atomic E-state index is 13.0. The lowest BCUT2D eigenvalue weighted by Crippen LogP contribution is -2.28. The number of nitrogens with one attached hydrogen (secondary N) is 2. The number of hydrogen-bond donors (Lipinski definition) is 2. The lowest BCUT2D eigenvalue weighted by atomic mass is 10.1. The Bertz CT molecular complexity index is 632. The van der Waals surface area contributed by atoms with Crippen molar-refractivity contribution in [3.8, 4) is 5.69 Å². The predicted molar refractivity (Wildman–Crippen MR) is 81.4 cm³/mol. The van der Waals surface area contributed by atoms with Crippen LogP contribution in [0.15, 0.2) is 36.8 Å².